The van der Waals surface area contributed by atoms with Crippen molar-refractivity contribution in [2.75, 3.05) is 4.90 Å². The molecule has 35 heavy (non-hydrogen) atoms. The molecular formula is C27H22BrClN2O4. The fourth-order valence-corrected chi connectivity index (χ4v) is 4.35. The van der Waals surface area contributed by atoms with E-state index in [9.17, 15) is 14.4 Å². The second-order valence-electron chi connectivity index (χ2n) is 8.37. The van der Waals surface area contributed by atoms with Crippen LogP contribution in [0, 0.1) is 20.8 Å². The van der Waals surface area contributed by atoms with Gasteiger partial charge in [-0.15, -0.1) is 0 Å². The summed E-state index contributed by atoms with van der Waals surface area (Å²) in [6.45, 7) is 6.25. The summed E-state index contributed by atoms with van der Waals surface area (Å²) in [5.41, 5.74) is 4.88. The molecule has 0 unspecified atom stereocenters. The molecule has 4 rings (SSSR count). The molecule has 1 saturated heterocycles. The van der Waals surface area contributed by atoms with E-state index in [1.807, 2.05) is 32.9 Å². The van der Waals surface area contributed by atoms with E-state index in [1.54, 1.807) is 36.4 Å². The van der Waals surface area contributed by atoms with E-state index in [1.165, 1.54) is 6.08 Å². The van der Waals surface area contributed by atoms with Gasteiger partial charge >= 0.3 is 6.03 Å². The normalized spacial score (nSPS) is 14.9. The molecule has 3 aromatic rings. The third-order valence-corrected chi connectivity index (χ3v) is 6.63. The number of urea groups is 1. The largest absolute Gasteiger partial charge is 0.487 e. The minimum Gasteiger partial charge on any atom is -0.487 e. The second-order valence-corrected chi connectivity index (χ2v) is 9.63. The zero-order valence-electron chi connectivity index (χ0n) is 19.3. The number of rotatable bonds is 5. The van der Waals surface area contributed by atoms with Crippen LogP contribution in [0.15, 0.2) is 64.6 Å². The van der Waals surface area contributed by atoms with Crippen LogP contribution in [0.2, 0.25) is 5.02 Å². The zero-order valence-corrected chi connectivity index (χ0v) is 21.7. The monoisotopic (exact) mass is 552 g/mol. The average molecular weight is 554 g/mol. The van der Waals surface area contributed by atoms with Crippen molar-refractivity contribution in [2.45, 2.75) is 27.4 Å². The summed E-state index contributed by atoms with van der Waals surface area (Å²) in [7, 11) is 0. The number of carbonyl (C=O) groups is 3. The van der Waals surface area contributed by atoms with Gasteiger partial charge in [0, 0.05) is 4.47 Å². The Hall–Kier alpha value is -3.42. The lowest BCUT2D eigenvalue weighted by Crippen LogP contribution is -2.54. The number of barbiturate groups is 1. The van der Waals surface area contributed by atoms with Crippen LogP contribution in [0.5, 0.6) is 5.75 Å². The highest BCUT2D eigenvalue weighted by Gasteiger charge is 2.36. The van der Waals surface area contributed by atoms with Gasteiger partial charge in [0.2, 0.25) is 0 Å². The standard InChI is InChI=1S/C27H22BrClN2O4/c1-15-8-16(2)10-19(9-15)14-35-24-7-4-18(13-23(24)29)12-21-25(32)30-27(34)31(26(21)33)20-5-6-22(28)17(3)11-20/h4-13H,14H2,1-3H3,(H,30,32,34)/b21-12-. The smallest absolute Gasteiger partial charge is 0.335 e. The van der Waals surface area contributed by atoms with Gasteiger partial charge in [-0.05, 0) is 73.9 Å². The van der Waals surface area contributed by atoms with Gasteiger partial charge in [-0.25, -0.2) is 9.69 Å². The van der Waals surface area contributed by atoms with Crippen LogP contribution < -0.4 is 15.0 Å². The fourth-order valence-electron chi connectivity index (χ4n) is 3.86. The molecule has 1 N–H and O–H groups in total. The van der Waals surface area contributed by atoms with Crippen LogP contribution in [0.25, 0.3) is 6.08 Å². The number of nitrogens with zero attached hydrogens (tertiary/aromatic N) is 1. The maximum atomic E-state index is 13.1. The van der Waals surface area contributed by atoms with E-state index in [0.717, 1.165) is 31.6 Å². The predicted molar refractivity (Wildman–Crippen MR) is 140 cm³/mol. The maximum absolute atomic E-state index is 13.1. The van der Waals surface area contributed by atoms with Crippen LogP contribution in [0.1, 0.15) is 27.8 Å². The second kappa shape index (κ2) is 10.1. The summed E-state index contributed by atoms with van der Waals surface area (Å²) in [4.78, 5) is 39.0. The highest BCUT2D eigenvalue weighted by Crippen LogP contribution is 2.29. The lowest BCUT2D eigenvalue weighted by Gasteiger charge is -2.26. The Morgan fingerprint density at radius 3 is 2.34 bits per heavy atom. The highest BCUT2D eigenvalue weighted by atomic mass is 79.9. The summed E-state index contributed by atoms with van der Waals surface area (Å²) < 4.78 is 6.71. The van der Waals surface area contributed by atoms with E-state index in [0.29, 0.717) is 28.6 Å². The zero-order chi connectivity index (χ0) is 25.3. The van der Waals surface area contributed by atoms with E-state index >= 15 is 0 Å². The fraction of sp³-hybridized carbons (Fsp3) is 0.148. The molecule has 0 atom stereocenters. The first-order valence-corrected chi connectivity index (χ1v) is 12.0. The molecule has 178 valence electrons. The Labute approximate surface area is 216 Å². The number of hydrogen-bond acceptors (Lipinski definition) is 4. The first-order valence-electron chi connectivity index (χ1n) is 10.8. The summed E-state index contributed by atoms with van der Waals surface area (Å²) in [5, 5.41) is 2.56. The third-order valence-electron chi connectivity index (χ3n) is 5.44. The van der Waals surface area contributed by atoms with E-state index in [-0.39, 0.29) is 5.57 Å². The summed E-state index contributed by atoms with van der Waals surface area (Å²) in [5.74, 6) is -1.00. The molecule has 1 aliphatic heterocycles. The minimum absolute atomic E-state index is 0.176. The minimum atomic E-state index is -0.799. The molecule has 0 spiro atoms. The number of hydrogen-bond donors (Lipinski definition) is 1. The van der Waals surface area contributed by atoms with Crippen molar-refractivity contribution in [2.24, 2.45) is 0 Å². The number of anilines is 1. The number of amides is 4. The number of nitrogens with one attached hydrogen (secondary N) is 1. The summed E-state index contributed by atoms with van der Waals surface area (Å²) in [6, 6.07) is 15.4. The van der Waals surface area contributed by atoms with Crippen LogP contribution in [0.4, 0.5) is 10.5 Å². The van der Waals surface area contributed by atoms with Crippen LogP contribution in [-0.4, -0.2) is 17.8 Å². The van der Waals surface area contributed by atoms with Gasteiger partial charge in [0.05, 0.1) is 10.7 Å². The van der Waals surface area contributed by atoms with Crippen molar-refractivity contribution in [3.8, 4) is 5.75 Å². The van der Waals surface area contributed by atoms with Crippen LogP contribution in [-0.2, 0) is 16.2 Å². The van der Waals surface area contributed by atoms with Gasteiger partial charge in [0.15, 0.2) is 0 Å². The van der Waals surface area contributed by atoms with Gasteiger partial charge < -0.3 is 4.74 Å². The van der Waals surface area contributed by atoms with Gasteiger partial charge in [-0.2, -0.15) is 0 Å². The quantitative estimate of drug-likeness (QED) is 0.298. The first kappa shape index (κ1) is 24.7. The van der Waals surface area contributed by atoms with Crippen LogP contribution in [0.3, 0.4) is 0 Å². The molecule has 1 aliphatic rings. The number of imide groups is 2. The predicted octanol–water partition coefficient (Wildman–Crippen LogP) is 6.27. The lowest BCUT2D eigenvalue weighted by atomic mass is 10.1. The Morgan fingerprint density at radius 1 is 0.971 bits per heavy atom. The van der Waals surface area contributed by atoms with Crippen molar-refractivity contribution < 1.29 is 19.1 Å². The SMILES string of the molecule is Cc1cc(C)cc(COc2ccc(/C=C3/C(=O)NC(=O)N(c4ccc(Br)c(C)c4)C3=O)cc2Cl)c1. The maximum Gasteiger partial charge on any atom is 0.335 e. The summed E-state index contributed by atoms with van der Waals surface area (Å²) >= 11 is 9.82. The Morgan fingerprint density at radius 2 is 1.69 bits per heavy atom. The lowest BCUT2D eigenvalue weighted by molar-refractivity contribution is -0.122. The average Bonchev–Trinajstić information content (AvgIpc) is 2.77. The van der Waals surface area contributed by atoms with E-state index < -0.39 is 17.8 Å². The third kappa shape index (κ3) is 5.47. The van der Waals surface area contributed by atoms with Crippen molar-refractivity contribution >= 4 is 57.1 Å². The molecule has 0 aromatic heterocycles. The van der Waals surface area contributed by atoms with Gasteiger partial charge in [-0.1, -0.05) is 62.9 Å². The Bertz CT molecular complexity index is 1380. The van der Waals surface area contributed by atoms with Crippen molar-refractivity contribution in [3.63, 3.8) is 0 Å². The summed E-state index contributed by atoms with van der Waals surface area (Å²) in [6.07, 6.45) is 1.41. The van der Waals surface area contributed by atoms with E-state index in [2.05, 4.69) is 27.3 Å². The van der Waals surface area contributed by atoms with Gasteiger partial charge in [0.25, 0.3) is 11.8 Å². The van der Waals surface area contributed by atoms with Crippen molar-refractivity contribution in [3.05, 3.63) is 97.5 Å². The first-order chi connectivity index (χ1) is 16.6. The number of carbonyl (C=O) groups excluding carboxylic acids is 3. The molecule has 0 radical (unpaired) electrons. The number of benzene rings is 3. The molecule has 6 nitrogen and oxygen atoms in total. The van der Waals surface area contributed by atoms with E-state index in [4.69, 9.17) is 16.3 Å². The molecular weight excluding hydrogens is 532 g/mol. The Balaban J connectivity index is 1.57. The highest BCUT2D eigenvalue weighted by molar-refractivity contribution is 9.10. The molecule has 1 heterocycles. The molecule has 0 bridgehead atoms. The van der Waals surface area contributed by atoms with Gasteiger partial charge in [0.1, 0.15) is 17.9 Å². The number of aryl methyl sites for hydroxylation is 3. The van der Waals surface area contributed by atoms with Crippen molar-refractivity contribution in [1.29, 1.82) is 0 Å². The number of halogens is 2. The molecule has 4 amide bonds. The van der Waals surface area contributed by atoms with Gasteiger partial charge in [-0.3, -0.25) is 14.9 Å². The molecule has 0 aliphatic carbocycles. The topological polar surface area (TPSA) is 75.7 Å². The van der Waals surface area contributed by atoms with Crippen LogP contribution >= 0.6 is 27.5 Å². The molecule has 3 aromatic carbocycles. The number of ether oxygens (including phenoxy) is 1. The molecule has 0 saturated carbocycles. The molecule has 1 fully saturated rings. The Kier molecular flexibility index (Phi) is 7.10. The van der Waals surface area contributed by atoms with Crippen molar-refractivity contribution in [1.82, 2.24) is 5.32 Å². The molecule has 8 heteroatoms.